The molecular weight excluding hydrogens is 241 g/mol. The third kappa shape index (κ3) is 2.53. The fourth-order valence-corrected chi connectivity index (χ4v) is 2.96. The lowest BCUT2D eigenvalue weighted by Crippen LogP contribution is -2.23. The van der Waals surface area contributed by atoms with Crippen LogP contribution in [0.3, 0.4) is 0 Å². The minimum Gasteiger partial charge on any atom is -0.324 e. The van der Waals surface area contributed by atoms with Crippen molar-refractivity contribution in [2.45, 2.75) is 38.1 Å². The predicted octanol–water partition coefficient (Wildman–Crippen LogP) is 4.57. The molecule has 1 aromatic carbocycles. The van der Waals surface area contributed by atoms with Crippen LogP contribution in [0.4, 0.5) is 0 Å². The number of nitrogens with two attached hydrogens (primary N) is 1. The summed E-state index contributed by atoms with van der Waals surface area (Å²) in [5.41, 5.74) is 7.30. The summed E-state index contributed by atoms with van der Waals surface area (Å²) in [4.78, 5) is 0. The molecule has 1 atom stereocenters. The van der Waals surface area contributed by atoms with Crippen molar-refractivity contribution in [2.75, 3.05) is 0 Å². The summed E-state index contributed by atoms with van der Waals surface area (Å²) in [5.74, 6) is 0.560. The van der Waals surface area contributed by atoms with E-state index in [0.29, 0.717) is 16.0 Å². The van der Waals surface area contributed by atoms with Crippen LogP contribution < -0.4 is 5.73 Å². The fraction of sp³-hybridized carbons (Fsp3) is 0.538. The normalized spacial score (nSPS) is 19.7. The Labute approximate surface area is 107 Å². The van der Waals surface area contributed by atoms with Crippen LogP contribution in [0.5, 0.6) is 0 Å². The minimum atomic E-state index is 0.0338. The Kier molecular flexibility index (Phi) is 4.12. The first-order valence-electron chi connectivity index (χ1n) is 5.89. The van der Waals surface area contributed by atoms with Crippen LogP contribution in [-0.2, 0) is 0 Å². The molecule has 0 aliphatic heterocycles. The van der Waals surface area contributed by atoms with Gasteiger partial charge in [0.05, 0.1) is 10.0 Å². The number of rotatable bonds is 2. The van der Waals surface area contributed by atoms with E-state index >= 15 is 0 Å². The average Bonchev–Trinajstić information content (AvgIpc) is 2.33. The van der Waals surface area contributed by atoms with E-state index in [-0.39, 0.29) is 6.04 Å². The second kappa shape index (κ2) is 5.39. The molecule has 0 saturated heterocycles. The molecule has 1 saturated carbocycles. The Bertz CT molecular complexity index is 359. The van der Waals surface area contributed by atoms with Crippen molar-refractivity contribution in [1.29, 1.82) is 0 Å². The van der Waals surface area contributed by atoms with Gasteiger partial charge >= 0.3 is 0 Å². The maximum atomic E-state index is 6.30. The van der Waals surface area contributed by atoms with Crippen LogP contribution in [0, 0.1) is 5.92 Å². The molecule has 2 rings (SSSR count). The van der Waals surface area contributed by atoms with Gasteiger partial charge in [-0.05, 0) is 30.4 Å². The molecule has 1 fully saturated rings. The molecule has 1 nitrogen and oxygen atoms in total. The van der Waals surface area contributed by atoms with E-state index in [4.69, 9.17) is 28.9 Å². The molecule has 1 aliphatic rings. The number of hydrogen-bond donors (Lipinski definition) is 1. The van der Waals surface area contributed by atoms with Crippen molar-refractivity contribution in [3.05, 3.63) is 33.8 Å². The summed E-state index contributed by atoms with van der Waals surface area (Å²) in [6.07, 6.45) is 6.34. The van der Waals surface area contributed by atoms with E-state index < -0.39 is 0 Å². The molecule has 0 aromatic heterocycles. The number of benzene rings is 1. The van der Waals surface area contributed by atoms with E-state index in [2.05, 4.69) is 0 Å². The zero-order chi connectivity index (χ0) is 11.5. The topological polar surface area (TPSA) is 26.0 Å². The highest BCUT2D eigenvalue weighted by atomic mass is 35.5. The molecule has 0 amide bonds. The molecule has 0 bridgehead atoms. The van der Waals surface area contributed by atoms with Crippen molar-refractivity contribution < 1.29 is 0 Å². The predicted molar refractivity (Wildman–Crippen MR) is 70.0 cm³/mol. The SMILES string of the molecule is NC(c1cccc(Cl)c1Cl)C1CCCCC1. The van der Waals surface area contributed by atoms with Crippen molar-refractivity contribution in [2.24, 2.45) is 11.7 Å². The van der Waals surface area contributed by atoms with Gasteiger partial charge in [-0.15, -0.1) is 0 Å². The van der Waals surface area contributed by atoms with Gasteiger partial charge in [-0.1, -0.05) is 54.6 Å². The van der Waals surface area contributed by atoms with Crippen molar-refractivity contribution >= 4 is 23.2 Å². The fourth-order valence-electron chi connectivity index (χ4n) is 2.53. The van der Waals surface area contributed by atoms with Gasteiger partial charge in [0.15, 0.2) is 0 Å². The van der Waals surface area contributed by atoms with Crippen LogP contribution in [0.1, 0.15) is 43.7 Å². The van der Waals surface area contributed by atoms with Crippen LogP contribution >= 0.6 is 23.2 Å². The summed E-state index contributed by atoms with van der Waals surface area (Å²) >= 11 is 12.2. The van der Waals surface area contributed by atoms with E-state index in [1.807, 2.05) is 12.1 Å². The van der Waals surface area contributed by atoms with Gasteiger partial charge in [-0.25, -0.2) is 0 Å². The maximum absolute atomic E-state index is 6.30. The maximum Gasteiger partial charge on any atom is 0.0640 e. The Morgan fingerprint density at radius 2 is 1.81 bits per heavy atom. The number of hydrogen-bond acceptors (Lipinski definition) is 1. The van der Waals surface area contributed by atoms with Crippen molar-refractivity contribution in [3.8, 4) is 0 Å². The monoisotopic (exact) mass is 257 g/mol. The lowest BCUT2D eigenvalue weighted by atomic mass is 9.81. The molecule has 1 unspecified atom stereocenters. The van der Waals surface area contributed by atoms with Crippen LogP contribution in [-0.4, -0.2) is 0 Å². The summed E-state index contributed by atoms with van der Waals surface area (Å²) < 4.78 is 0. The van der Waals surface area contributed by atoms with Crippen LogP contribution in [0.15, 0.2) is 18.2 Å². The first-order valence-corrected chi connectivity index (χ1v) is 6.65. The Hall–Kier alpha value is -0.240. The molecule has 0 heterocycles. The van der Waals surface area contributed by atoms with Gasteiger partial charge < -0.3 is 5.73 Å². The molecular formula is C13H17Cl2N. The minimum absolute atomic E-state index is 0.0338. The van der Waals surface area contributed by atoms with Crippen LogP contribution in [0.25, 0.3) is 0 Å². The van der Waals surface area contributed by atoms with E-state index in [0.717, 1.165) is 5.56 Å². The van der Waals surface area contributed by atoms with E-state index in [1.165, 1.54) is 32.1 Å². The molecule has 3 heteroatoms. The molecule has 2 N–H and O–H groups in total. The van der Waals surface area contributed by atoms with Crippen LogP contribution in [0.2, 0.25) is 10.0 Å². The molecule has 1 aromatic rings. The molecule has 0 radical (unpaired) electrons. The van der Waals surface area contributed by atoms with Gasteiger partial charge in [0.2, 0.25) is 0 Å². The molecule has 1 aliphatic carbocycles. The van der Waals surface area contributed by atoms with Crippen molar-refractivity contribution in [1.82, 2.24) is 0 Å². The average molecular weight is 258 g/mol. The second-order valence-corrected chi connectivity index (χ2v) is 5.35. The van der Waals surface area contributed by atoms with Gasteiger partial charge in [0.25, 0.3) is 0 Å². The highest BCUT2D eigenvalue weighted by molar-refractivity contribution is 6.42. The van der Waals surface area contributed by atoms with Crippen molar-refractivity contribution in [3.63, 3.8) is 0 Å². The van der Waals surface area contributed by atoms with Gasteiger partial charge in [-0.3, -0.25) is 0 Å². The zero-order valence-corrected chi connectivity index (χ0v) is 10.8. The third-order valence-electron chi connectivity index (χ3n) is 3.50. The largest absolute Gasteiger partial charge is 0.324 e. The summed E-state index contributed by atoms with van der Waals surface area (Å²) in [6, 6.07) is 5.76. The molecule has 0 spiro atoms. The van der Waals surface area contributed by atoms with E-state index in [1.54, 1.807) is 6.07 Å². The standard InChI is InChI=1S/C13H17Cl2N/c14-11-8-4-7-10(12(11)15)13(16)9-5-2-1-3-6-9/h4,7-9,13H,1-3,5-6,16H2. The Balaban J connectivity index is 2.19. The summed E-state index contributed by atoms with van der Waals surface area (Å²) in [7, 11) is 0. The summed E-state index contributed by atoms with van der Waals surface area (Å²) in [6.45, 7) is 0. The smallest absolute Gasteiger partial charge is 0.0640 e. The first-order chi connectivity index (χ1) is 7.70. The van der Waals surface area contributed by atoms with Gasteiger partial charge in [0.1, 0.15) is 0 Å². The first kappa shape index (κ1) is 12.2. The molecule has 88 valence electrons. The lowest BCUT2D eigenvalue weighted by molar-refractivity contribution is 0.308. The lowest BCUT2D eigenvalue weighted by Gasteiger charge is -2.28. The highest BCUT2D eigenvalue weighted by Crippen LogP contribution is 2.37. The number of halogens is 2. The second-order valence-electron chi connectivity index (χ2n) is 4.57. The third-order valence-corrected chi connectivity index (χ3v) is 4.33. The van der Waals surface area contributed by atoms with Gasteiger partial charge in [0, 0.05) is 6.04 Å². The highest BCUT2D eigenvalue weighted by Gasteiger charge is 2.23. The quantitative estimate of drug-likeness (QED) is 0.825. The summed E-state index contributed by atoms with van der Waals surface area (Å²) in [5, 5.41) is 1.23. The zero-order valence-electron chi connectivity index (χ0n) is 9.26. The molecule has 16 heavy (non-hydrogen) atoms. The van der Waals surface area contributed by atoms with Gasteiger partial charge in [-0.2, -0.15) is 0 Å². The van der Waals surface area contributed by atoms with E-state index in [9.17, 15) is 0 Å². The Morgan fingerprint density at radius 1 is 1.12 bits per heavy atom. The Morgan fingerprint density at radius 3 is 2.50 bits per heavy atom.